The Morgan fingerprint density at radius 2 is 2.29 bits per heavy atom. The van der Waals surface area contributed by atoms with Crippen molar-refractivity contribution in [3.8, 4) is 0 Å². The SMILES string of the molecule is CNC1(CCN(C)C)C=CN=CC1N. The third-order valence-electron chi connectivity index (χ3n) is 2.74. The van der Waals surface area contributed by atoms with E-state index in [1.807, 2.05) is 13.2 Å². The molecule has 1 heterocycles. The van der Waals surface area contributed by atoms with Crippen molar-refractivity contribution in [3.63, 3.8) is 0 Å². The van der Waals surface area contributed by atoms with Gasteiger partial charge in [0.2, 0.25) is 0 Å². The van der Waals surface area contributed by atoms with Crippen molar-refractivity contribution < 1.29 is 0 Å². The Labute approximate surface area is 85.9 Å². The minimum Gasteiger partial charge on any atom is -0.321 e. The van der Waals surface area contributed by atoms with Gasteiger partial charge in [-0.15, -0.1) is 0 Å². The molecule has 14 heavy (non-hydrogen) atoms. The highest BCUT2D eigenvalue weighted by atomic mass is 15.1. The fourth-order valence-corrected chi connectivity index (χ4v) is 1.60. The van der Waals surface area contributed by atoms with Crippen LogP contribution in [0.25, 0.3) is 0 Å². The van der Waals surface area contributed by atoms with Gasteiger partial charge in [-0.25, -0.2) is 0 Å². The molecule has 0 aromatic carbocycles. The van der Waals surface area contributed by atoms with Crippen LogP contribution >= 0.6 is 0 Å². The van der Waals surface area contributed by atoms with Gasteiger partial charge in [0.1, 0.15) is 0 Å². The lowest BCUT2D eigenvalue weighted by atomic mass is 9.86. The van der Waals surface area contributed by atoms with Gasteiger partial charge in [0.25, 0.3) is 0 Å². The van der Waals surface area contributed by atoms with Crippen LogP contribution in [0.15, 0.2) is 17.3 Å². The van der Waals surface area contributed by atoms with Crippen molar-refractivity contribution in [1.29, 1.82) is 0 Å². The first-order valence-electron chi connectivity index (χ1n) is 4.91. The lowest BCUT2D eigenvalue weighted by molar-refractivity contribution is 0.308. The molecule has 0 bridgehead atoms. The van der Waals surface area contributed by atoms with E-state index < -0.39 is 0 Å². The van der Waals surface area contributed by atoms with Crippen molar-refractivity contribution in [2.24, 2.45) is 10.7 Å². The number of hydrogen-bond donors (Lipinski definition) is 2. The van der Waals surface area contributed by atoms with Gasteiger partial charge in [-0.3, -0.25) is 4.99 Å². The van der Waals surface area contributed by atoms with Gasteiger partial charge in [-0.2, -0.15) is 0 Å². The zero-order valence-corrected chi connectivity index (χ0v) is 9.20. The van der Waals surface area contributed by atoms with Gasteiger partial charge in [-0.05, 0) is 40.2 Å². The summed E-state index contributed by atoms with van der Waals surface area (Å²) >= 11 is 0. The summed E-state index contributed by atoms with van der Waals surface area (Å²) in [5, 5.41) is 3.29. The van der Waals surface area contributed by atoms with Gasteiger partial charge in [0, 0.05) is 12.4 Å². The second-order valence-corrected chi connectivity index (χ2v) is 3.98. The lowest BCUT2D eigenvalue weighted by Crippen LogP contribution is -2.58. The predicted octanol–water partition coefficient (Wildman–Crippen LogP) is -0.178. The smallest absolute Gasteiger partial charge is 0.0622 e. The quantitative estimate of drug-likeness (QED) is 0.656. The average Bonchev–Trinajstić information content (AvgIpc) is 2.17. The lowest BCUT2D eigenvalue weighted by Gasteiger charge is -2.36. The summed E-state index contributed by atoms with van der Waals surface area (Å²) in [7, 11) is 6.07. The molecule has 0 fully saturated rings. The third-order valence-corrected chi connectivity index (χ3v) is 2.74. The topological polar surface area (TPSA) is 53.6 Å². The molecule has 0 aromatic heterocycles. The molecule has 0 spiro atoms. The zero-order chi connectivity index (χ0) is 10.6. The van der Waals surface area contributed by atoms with Crippen LogP contribution in [0.5, 0.6) is 0 Å². The number of likely N-dealkylation sites (N-methyl/N-ethyl adjacent to an activating group) is 1. The largest absolute Gasteiger partial charge is 0.321 e. The Morgan fingerprint density at radius 3 is 2.79 bits per heavy atom. The standard InChI is InChI=1S/C10H20N4/c1-12-10(5-7-14(2)3)4-6-13-8-9(10)11/h4,6,8-9,12H,5,7,11H2,1-3H3. The van der Waals surface area contributed by atoms with Crippen LogP contribution in [0.4, 0.5) is 0 Å². The maximum atomic E-state index is 6.03. The molecule has 0 aliphatic carbocycles. The van der Waals surface area contributed by atoms with Gasteiger partial charge in [0.05, 0.1) is 11.6 Å². The van der Waals surface area contributed by atoms with Crippen LogP contribution in [-0.2, 0) is 0 Å². The summed E-state index contributed by atoms with van der Waals surface area (Å²) in [5.74, 6) is 0. The second kappa shape index (κ2) is 4.68. The van der Waals surface area contributed by atoms with Crippen LogP contribution in [0.2, 0.25) is 0 Å². The van der Waals surface area contributed by atoms with Crippen molar-refractivity contribution in [3.05, 3.63) is 12.3 Å². The summed E-state index contributed by atoms with van der Waals surface area (Å²) in [4.78, 5) is 6.20. The van der Waals surface area contributed by atoms with Gasteiger partial charge in [0.15, 0.2) is 0 Å². The van der Waals surface area contributed by atoms with Crippen LogP contribution < -0.4 is 11.1 Å². The molecule has 1 aliphatic heterocycles. The third kappa shape index (κ3) is 2.41. The van der Waals surface area contributed by atoms with Gasteiger partial charge in [-0.1, -0.05) is 0 Å². The Bertz CT molecular complexity index is 234. The first-order valence-corrected chi connectivity index (χ1v) is 4.91. The second-order valence-electron chi connectivity index (χ2n) is 3.98. The normalized spacial score (nSPS) is 31.4. The number of nitrogens with zero attached hydrogens (tertiary/aromatic N) is 2. The van der Waals surface area contributed by atoms with E-state index in [4.69, 9.17) is 5.73 Å². The van der Waals surface area contributed by atoms with Crippen molar-refractivity contribution in [2.45, 2.75) is 18.0 Å². The maximum absolute atomic E-state index is 6.03. The summed E-state index contributed by atoms with van der Waals surface area (Å²) in [6.07, 6.45) is 6.66. The molecule has 1 rings (SSSR count). The van der Waals surface area contributed by atoms with Crippen LogP contribution in [0, 0.1) is 0 Å². The summed E-state index contributed by atoms with van der Waals surface area (Å²) in [6, 6.07) is -0.0440. The average molecular weight is 196 g/mol. The first-order chi connectivity index (χ1) is 6.60. The number of rotatable bonds is 4. The molecular weight excluding hydrogens is 176 g/mol. The Kier molecular flexibility index (Phi) is 3.80. The monoisotopic (exact) mass is 196 g/mol. The molecule has 0 aromatic rings. The molecule has 2 atom stereocenters. The molecule has 80 valence electrons. The predicted molar refractivity (Wildman–Crippen MR) is 60.6 cm³/mol. The maximum Gasteiger partial charge on any atom is 0.0622 e. The Hall–Kier alpha value is -0.710. The number of aliphatic imine (C=N–C) groups is 1. The summed E-state index contributed by atoms with van der Waals surface area (Å²) < 4.78 is 0. The summed E-state index contributed by atoms with van der Waals surface area (Å²) in [6.45, 7) is 1.01. The molecule has 2 unspecified atom stereocenters. The number of hydrogen-bond acceptors (Lipinski definition) is 4. The van der Waals surface area contributed by atoms with E-state index in [2.05, 4.69) is 35.4 Å². The molecule has 0 amide bonds. The minimum absolute atomic E-state index is 0.0440. The Balaban J connectivity index is 2.66. The van der Waals surface area contributed by atoms with E-state index in [1.165, 1.54) is 0 Å². The minimum atomic E-state index is -0.133. The van der Waals surface area contributed by atoms with Crippen LogP contribution in [0.1, 0.15) is 6.42 Å². The molecule has 0 saturated heterocycles. The van der Waals surface area contributed by atoms with E-state index in [0.717, 1.165) is 13.0 Å². The fraction of sp³-hybridized carbons (Fsp3) is 0.700. The molecule has 1 aliphatic rings. The highest BCUT2D eigenvalue weighted by molar-refractivity contribution is 5.69. The Morgan fingerprint density at radius 1 is 1.57 bits per heavy atom. The molecule has 4 heteroatoms. The number of nitrogens with two attached hydrogens (primary N) is 1. The van der Waals surface area contributed by atoms with E-state index in [1.54, 1.807) is 6.21 Å². The molecule has 0 saturated carbocycles. The van der Waals surface area contributed by atoms with E-state index >= 15 is 0 Å². The van der Waals surface area contributed by atoms with E-state index in [-0.39, 0.29) is 11.6 Å². The van der Waals surface area contributed by atoms with E-state index in [0.29, 0.717) is 0 Å². The summed E-state index contributed by atoms with van der Waals surface area (Å²) in [5.41, 5.74) is 5.90. The molecular formula is C10H20N4. The van der Waals surface area contributed by atoms with Crippen molar-refractivity contribution in [2.75, 3.05) is 27.7 Å². The van der Waals surface area contributed by atoms with Crippen LogP contribution in [0.3, 0.4) is 0 Å². The highest BCUT2D eigenvalue weighted by Crippen LogP contribution is 2.18. The molecule has 4 nitrogen and oxygen atoms in total. The number of nitrogens with one attached hydrogen (secondary N) is 1. The van der Waals surface area contributed by atoms with Gasteiger partial charge >= 0.3 is 0 Å². The van der Waals surface area contributed by atoms with Crippen molar-refractivity contribution >= 4 is 6.21 Å². The fourth-order valence-electron chi connectivity index (χ4n) is 1.60. The zero-order valence-electron chi connectivity index (χ0n) is 9.20. The van der Waals surface area contributed by atoms with Gasteiger partial charge < -0.3 is 16.0 Å². The van der Waals surface area contributed by atoms with Crippen LogP contribution in [-0.4, -0.2) is 50.4 Å². The molecule has 3 N–H and O–H groups in total. The van der Waals surface area contributed by atoms with Crippen molar-refractivity contribution in [1.82, 2.24) is 10.2 Å². The first kappa shape index (κ1) is 11.4. The highest BCUT2D eigenvalue weighted by Gasteiger charge is 2.32. The molecule has 0 radical (unpaired) electrons. The van der Waals surface area contributed by atoms with E-state index in [9.17, 15) is 0 Å².